The number of carbonyl (C=O) groups excluding carboxylic acids is 1. The van der Waals surface area contributed by atoms with Gasteiger partial charge >= 0.3 is 5.97 Å². The quantitative estimate of drug-likeness (QED) is 0.0939. The van der Waals surface area contributed by atoms with E-state index in [-0.39, 0.29) is 12.7 Å². The Hall–Kier alpha value is -3.02. The highest BCUT2D eigenvalue weighted by atomic mass is 16.7. The van der Waals surface area contributed by atoms with Crippen molar-refractivity contribution < 1.29 is 24.2 Å². The second-order valence-corrected chi connectivity index (χ2v) is 11.5. The van der Waals surface area contributed by atoms with E-state index in [9.17, 15) is 9.59 Å². The number of carboxylic acids is 1. The number of nitrogens with zero attached hydrogens (tertiary/aromatic N) is 1. The number of hydrogen-bond acceptors (Lipinski definition) is 4. The van der Waals surface area contributed by atoms with E-state index in [2.05, 4.69) is 12.2 Å². The van der Waals surface area contributed by atoms with Crippen LogP contribution in [0.4, 0.5) is 0 Å². The molecular formula is C35H51NO5. The number of hydrogen-bond donors (Lipinski definition) is 1. The Balaban J connectivity index is 0.000000226. The number of piperidine rings is 1. The Morgan fingerprint density at radius 1 is 0.854 bits per heavy atom. The first-order valence-corrected chi connectivity index (χ1v) is 16.0. The number of allylic oxidation sites excluding steroid dienone is 4. The first-order chi connectivity index (χ1) is 20.1. The number of carboxylic acid groups (broad SMARTS) is 1. The van der Waals surface area contributed by atoms with E-state index >= 15 is 0 Å². The molecule has 1 aliphatic carbocycles. The average Bonchev–Trinajstić information content (AvgIpc) is 3.68. The molecule has 41 heavy (non-hydrogen) atoms. The molecule has 0 radical (unpaired) electrons. The third-order valence-electron chi connectivity index (χ3n) is 8.03. The second-order valence-electron chi connectivity index (χ2n) is 11.5. The molecule has 1 atom stereocenters. The third-order valence-corrected chi connectivity index (χ3v) is 8.03. The molecule has 1 fully saturated rings. The fraction of sp³-hybridized carbons (Fsp3) is 0.600. The summed E-state index contributed by atoms with van der Waals surface area (Å²) in [6.45, 7) is 2.05. The number of likely N-dealkylation sites (tertiary alicyclic amines) is 1. The van der Waals surface area contributed by atoms with Gasteiger partial charge in [-0.3, -0.25) is 9.59 Å². The normalized spacial score (nSPS) is 17.8. The first-order valence-electron chi connectivity index (χ1n) is 16.0. The Bertz CT molecular complexity index is 992. The van der Waals surface area contributed by atoms with Crippen LogP contribution in [0.5, 0.6) is 11.5 Å². The van der Waals surface area contributed by atoms with Crippen LogP contribution in [0.2, 0.25) is 0 Å². The minimum atomic E-state index is -0.655. The van der Waals surface area contributed by atoms with Gasteiger partial charge in [-0.2, -0.15) is 0 Å². The van der Waals surface area contributed by atoms with Gasteiger partial charge in [0.1, 0.15) is 0 Å². The molecular weight excluding hydrogens is 514 g/mol. The summed E-state index contributed by atoms with van der Waals surface area (Å²) in [4.78, 5) is 24.2. The van der Waals surface area contributed by atoms with Crippen molar-refractivity contribution in [1.82, 2.24) is 4.90 Å². The number of benzene rings is 1. The minimum absolute atomic E-state index is 0.102. The summed E-state index contributed by atoms with van der Waals surface area (Å²) >= 11 is 0. The Morgan fingerprint density at radius 3 is 2.22 bits per heavy atom. The molecule has 1 amide bonds. The number of aliphatic carboxylic acids is 1. The van der Waals surface area contributed by atoms with E-state index in [1.54, 1.807) is 12.2 Å². The summed E-state index contributed by atoms with van der Waals surface area (Å²) < 4.78 is 10.6. The van der Waals surface area contributed by atoms with Crippen molar-refractivity contribution in [2.24, 2.45) is 5.92 Å². The van der Waals surface area contributed by atoms with Gasteiger partial charge in [-0.1, -0.05) is 94.2 Å². The predicted octanol–water partition coefficient (Wildman–Crippen LogP) is 8.72. The summed E-state index contributed by atoms with van der Waals surface area (Å²) in [5.41, 5.74) is 1.02. The van der Waals surface area contributed by atoms with Crippen molar-refractivity contribution in [2.75, 3.05) is 19.9 Å². The number of fused-ring (bicyclic) bond motifs is 1. The maximum atomic E-state index is 11.9. The maximum absolute atomic E-state index is 11.9. The van der Waals surface area contributed by atoms with Crippen molar-refractivity contribution in [3.8, 4) is 11.5 Å². The molecule has 1 saturated heterocycles. The highest BCUT2D eigenvalue weighted by Gasteiger charge is 2.14. The molecule has 1 aromatic carbocycles. The van der Waals surface area contributed by atoms with E-state index in [0.29, 0.717) is 6.42 Å². The van der Waals surface area contributed by atoms with E-state index in [4.69, 9.17) is 14.6 Å². The Morgan fingerprint density at radius 2 is 1.54 bits per heavy atom. The number of carbonyl (C=O) groups is 2. The van der Waals surface area contributed by atoms with Gasteiger partial charge in [0.25, 0.3) is 0 Å². The smallest absolute Gasteiger partial charge is 0.303 e. The summed E-state index contributed by atoms with van der Waals surface area (Å²) in [5.74, 6) is 1.89. The monoisotopic (exact) mass is 565 g/mol. The van der Waals surface area contributed by atoms with Crippen LogP contribution in [0.3, 0.4) is 0 Å². The number of unbranched alkanes of at least 4 members (excludes halogenated alkanes) is 9. The molecule has 0 saturated carbocycles. The first kappa shape index (κ1) is 32.5. The van der Waals surface area contributed by atoms with Crippen molar-refractivity contribution in [2.45, 2.75) is 109 Å². The molecule has 6 heteroatoms. The lowest BCUT2D eigenvalue weighted by molar-refractivity contribution is -0.137. The van der Waals surface area contributed by atoms with Gasteiger partial charge in [0.15, 0.2) is 11.5 Å². The van der Waals surface area contributed by atoms with Crippen LogP contribution >= 0.6 is 0 Å². The fourth-order valence-electron chi connectivity index (χ4n) is 5.57. The van der Waals surface area contributed by atoms with E-state index < -0.39 is 5.97 Å². The molecule has 3 aliphatic rings. The van der Waals surface area contributed by atoms with E-state index in [1.807, 2.05) is 35.3 Å². The molecule has 6 nitrogen and oxygen atoms in total. The zero-order valence-electron chi connectivity index (χ0n) is 24.9. The second kappa shape index (κ2) is 20.0. The third kappa shape index (κ3) is 13.9. The van der Waals surface area contributed by atoms with Gasteiger partial charge in [0.05, 0.1) is 0 Å². The molecule has 0 aromatic heterocycles. The van der Waals surface area contributed by atoms with Gasteiger partial charge in [-0.15, -0.1) is 0 Å². The molecule has 2 aliphatic heterocycles. The van der Waals surface area contributed by atoms with Gasteiger partial charge in [0, 0.05) is 25.6 Å². The summed E-state index contributed by atoms with van der Waals surface area (Å²) in [6.07, 6.45) is 32.6. The molecule has 0 spiro atoms. The lowest BCUT2D eigenvalue weighted by Gasteiger charge is -2.25. The highest BCUT2D eigenvalue weighted by molar-refractivity contribution is 5.88. The van der Waals surface area contributed by atoms with Crippen LogP contribution in [0.25, 0.3) is 6.08 Å². The van der Waals surface area contributed by atoms with Crippen molar-refractivity contribution in [3.63, 3.8) is 0 Å². The maximum Gasteiger partial charge on any atom is 0.303 e. The van der Waals surface area contributed by atoms with Crippen LogP contribution in [0.15, 0.2) is 48.6 Å². The van der Waals surface area contributed by atoms with Crippen molar-refractivity contribution in [1.29, 1.82) is 0 Å². The number of amides is 1. The fourth-order valence-corrected chi connectivity index (χ4v) is 5.57. The highest BCUT2D eigenvalue weighted by Crippen LogP contribution is 2.32. The van der Waals surface area contributed by atoms with Gasteiger partial charge in [-0.25, -0.2) is 0 Å². The topological polar surface area (TPSA) is 76.1 Å². The molecule has 1 N–H and O–H groups in total. The van der Waals surface area contributed by atoms with E-state index in [0.717, 1.165) is 61.8 Å². The summed E-state index contributed by atoms with van der Waals surface area (Å²) in [7, 11) is 0. The molecule has 4 rings (SSSR count). The standard InChI is InChI=1S/C18H32O2.C17H19NO3/c19-18(20)16-10-8-6-4-2-1-3-5-7-9-13-17-14-11-12-15-17;19-17(18-10-4-1-5-11-18)7-3-2-6-14-8-9-15-16(12-14)21-13-20-15/h11,14,17H,1-10,12-13,15-16H2,(H,19,20);2-3,6-9,12H,1,4-5,10-11,13H2. The van der Waals surface area contributed by atoms with Crippen LogP contribution < -0.4 is 9.47 Å². The zero-order chi connectivity index (χ0) is 29.0. The number of rotatable bonds is 16. The lowest BCUT2D eigenvalue weighted by atomic mass is 9.99. The Labute approximate surface area is 247 Å². The SMILES string of the molecule is O=C(C=CC=Cc1ccc2c(c1)OCO2)N1CCCCC1.O=C(O)CCCCCCCCCCCCC1C=CCC1. The molecule has 1 aromatic rings. The molecule has 1 unspecified atom stereocenters. The summed E-state index contributed by atoms with van der Waals surface area (Å²) in [6, 6.07) is 5.79. The van der Waals surface area contributed by atoms with Gasteiger partial charge in [-0.05, 0) is 68.6 Å². The Kier molecular flexibility index (Phi) is 15.8. The zero-order valence-corrected chi connectivity index (χ0v) is 24.9. The van der Waals surface area contributed by atoms with Crippen molar-refractivity contribution in [3.05, 3.63) is 54.1 Å². The van der Waals surface area contributed by atoms with Gasteiger partial charge in [0.2, 0.25) is 12.7 Å². The van der Waals surface area contributed by atoms with E-state index in [1.165, 1.54) is 77.0 Å². The average molecular weight is 566 g/mol. The lowest BCUT2D eigenvalue weighted by Crippen LogP contribution is -2.34. The summed E-state index contributed by atoms with van der Waals surface area (Å²) in [5, 5.41) is 8.52. The molecule has 0 bridgehead atoms. The van der Waals surface area contributed by atoms with Crippen molar-refractivity contribution >= 4 is 18.0 Å². The van der Waals surface area contributed by atoms with Crippen LogP contribution in [-0.2, 0) is 9.59 Å². The number of ether oxygens (including phenoxy) is 2. The molecule has 226 valence electrons. The van der Waals surface area contributed by atoms with Crippen LogP contribution in [0, 0.1) is 5.92 Å². The largest absolute Gasteiger partial charge is 0.481 e. The van der Waals surface area contributed by atoms with Crippen LogP contribution in [0.1, 0.15) is 115 Å². The predicted molar refractivity (Wildman–Crippen MR) is 166 cm³/mol. The van der Waals surface area contributed by atoms with Gasteiger partial charge < -0.3 is 19.5 Å². The minimum Gasteiger partial charge on any atom is -0.481 e. The molecule has 2 heterocycles. The van der Waals surface area contributed by atoms with Crippen LogP contribution in [-0.4, -0.2) is 41.8 Å².